The molecule has 1 aliphatic rings. The third-order valence-electron chi connectivity index (χ3n) is 4.65. The van der Waals surface area contributed by atoms with Crippen molar-refractivity contribution in [3.63, 3.8) is 0 Å². The normalized spacial score (nSPS) is 14.4. The first kappa shape index (κ1) is 20.8. The molecule has 156 valence electrons. The van der Waals surface area contributed by atoms with Gasteiger partial charge >= 0.3 is 0 Å². The van der Waals surface area contributed by atoms with Gasteiger partial charge in [-0.2, -0.15) is 0 Å². The molecular weight excluding hydrogens is 376 g/mol. The molecule has 0 saturated carbocycles. The van der Waals surface area contributed by atoms with Crippen LogP contribution in [0.3, 0.4) is 0 Å². The summed E-state index contributed by atoms with van der Waals surface area (Å²) in [5.41, 5.74) is 0.477. The number of anilines is 1. The van der Waals surface area contributed by atoms with Crippen LogP contribution < -0.4 is 10.1 Å². The fourth-order valence-electron chi connectivity index (χ4n) is 3.13. The highest BCUT2D eigenvalue weighted by Crippen LogP contribution is 2.15. The van der Waals surface area contributed by atoms with Gasteiger partial charge in [0.2, 0.25) is 5.91 Å². The summed E-state index contributed by atoms with van der Waals surface area (Å²) in [6.45, 7) is 4.45. The lowest BCUT2D eigenvalue weighted by atomic mass is 10.1. The number of ether oxygens (including phenoxy) is 2. The zero-order valence-corrected chi connectivity index (χ0v) is 16.5. The molecule has 29 heavy (non-hydrogen) atoms. The fourth-order valence-corrected chi connectivity index (χ4v) is 3.13. The number of aromatic nitrogens is 1. The lowest BCUT2D eigenvalue weighted by molar-refractivity contribution is -0.117. The molecule has 2 amide bonds. The first-order valence-corrected chi connectivity index (χ1v) is 9.59. The van der Waals surface area contributed by atoms with Crippen LogP contribution in [0.4, 0.5) is 5.82 Å². The minimum Gasteiger partial charge on any atom is -0.497 e. The molecule has 1 N–H and O–H groups in total. The van der Waals surface area contributed by atoms with Gasteiger partial charge in [0.15, 0.2) is 5.82 Å². The summed E-state index contributed by atoms with van der Waals surface area (Å²) in [4.78, 5) is 29.3. The average Bonchev–Trinajstić information content (AvgIpc) is 3.26. The summed E-state index contributed by atoms with van der Waals surface area (Å²) in [6, 6.07) is 8.47. The summed E-state index contributed by atoms with van der Waals surface area (Å²) in [6.07, 6.45) is 2.13. The molecule has 1 saturated heterocycles. The van der Waals surface area contributed by atoms with Gasteiger partial charge in [-0.3, -0.25) is 14.5 Å². The second kappa shape index (κ2) is 10.6. The van der Waals surface area contributed by atoms with Crippen LogP contribution in [-0.2, 0) is 9.53 Å². The minimum absolute atomic E-state index is 0.0774. The van der Waals surface area contributed by atoms with E-state index in [1.165, 1.54) is 6.26 Å². The van der Waals surface area contributed by atoms with Crippen molar-refractivity contribution < 1.29 is 23.6 Å². The molecule has 0 radical (unpaired) electrons. The Labute approximate surface area is 169 Å². The van der Waals surface area contributed by atoms with Gasteiger partial charge in [0.25, 0.3) is 5.91 Å². The number of carbonyl (C=O) groups is 2. The van der Waals surface area contributed by atoms with Crippen LogP contribution in [0.5, 0.6) is 5.75 Å². The standard InChI is InChI=1S/C20H26N4O5/c1-27-17-5-2-4-16(14-17)20(26)24(8-3-7-23-9-12-28-13-10-23)15-19(25)21-18-6-11-29-22-18/h2,4-6,11,14H,3,7-10,12-13,15H2,1H3,(H,21,22,25). The largest absolute Gasteiger partial charge is 0.497 e. The Bertz CT molecular complexity index is 790. The zero-order valence-electron chi connectivity index (χ0n) is 16.5. The van der Waals surface area contributed by atoms with Crippen molar-refractivity contribution in [1.29, 1.82) is 0 Å². The van der Waals surface area contributed by atoms with Crippen LogP contribution in [0, 0.1) is 0 Å². The molecule has 1 aliphatic heterocycles. The highest BCUT2D eigenvalue weighted by atomic mass is 16.5. The van der Waals surface area contributed by atoms with E-state index in [2.05, 4.69) is 15.4 Å². The number of carbonyl (C=O) groups excluding carboxylic acids is 2. The number of benzene rings is 1. The molecule has 3 rings (SSSR count). The Hall–Kier alpha value is -2.91. The second-order valence-corrected chi connectivity index (χ2v) is 6.70. The summed E-state index contributed by atoms with van der Waals surface area (Å²) in [5.74, 6) is 0.357. The number of amides is 2. The van der Waals surface area contributed by atoms with Crippen LogP contribution in [0.15, 0.2) is 41.1 Å². The van der Waals surface area contributed by atoms with Gasteiger partial charge in [-0.15, -0.1) is 0 Å². The van der Waals surface area contributed by atoms with Gasteiger partial charge in [0.1, 0.15) is 18.6 Å². The first-order chi connectivity index (χ1) is 14.2. The van der Waals surface area contributed by atoms with E-state index in [9.17, 15) is 9.59 Å². The smallest absolute Gasteiger partial charge is 0.254 e. The predicted octanol–water partition coefficient (Wildman–Crippen LogP) is 1.49. The molecule has 9 nitrogen and oxygen atoms in total. The second-order valence-electron chi connectivity index (χ2n) is 6.70. The molecule has 2 heterocycles. The number of nitrogens with zero attached hydrogens (tertiary/aromatic N) is 3. The van der Waals surface area contributed by atoms with Crippen molar-refractivity contribution in [2.24, 2.45) is 0 Å². The van der Waals surface area contributed by atoms with E-state index in [0.717, 1.165) is 39.3 Å². The number of hydrogen-bond donors (Lipinski definition) is 1. The summed E-state index contributed by atoms with van der Waals surface area (Å²) in [5, 5.41) is 6.30. The predicted molar refractivity (Wildman–Crippen MR) is 106 cm³/mol. The third kappa shape index (κ3) is 6.30. The van der Waals surface area contributed by atoms with E-state index in [1.54, 1.807) is 42.3 Å². The minimum atomic E-state index is -0.332. The highest BCUT2D eigenvalue weighted by Gasteiger charge is 2.20. The van der Waals surface area contributed by atoms with Gasteiger partial charge in [0.05, 0.1) is 20.3 Å². The van der Waals surface area contributed by atoms with Crippen molar-refractivity contribution in [1.82, 2.24) is 15.0 Å². The maximum Gasteiger partial charge on any atom is 0.254 e. The van der Waals surface area contributed by atoms with Gasteiger partial charge in [-0.05, 0) is 24.6 Å². The number of hydrogen-bond acceptors (Lipinski definition) is 7. The monoisotopic (exact) mass is 402 g/mol. The summed E-state index contributed by atoms with van der Waals surface area (Å²) < 4.78 is 15.3. The molecule has 9 heteroatoms. The van der Waals surface area contributed by atoms with E-state index >= 15 is 0 Å². The topological polar surface area (TPSA) is 97.1 Å². The van der Waals surface area contributed by atoms with Gasteiger partial charge in [0, 0.05) is 37.8 Å². The lowest BCUT2D eigenvalue weighted by Crippen LogP contribution is -2.41. The molecular formula is C20H26N4O5. The lowest BCUT2D eigenvalue weighted by Gasteiger charge is -2.28. The van der Waals surface area contributed by atoms with Crippen LogP contribution in [0.1, 0.15) is 16.8 Å². The average molecular weight is 402 g/mol. The van der Waals surface area contributed by atoms with Crippen LogP contribution in [0.25, 0.3) is 0 Å². The SMILES string of the molecule is COc1cccc(C(=O)N(CCCN2CCOCC2)CC(=O)Nc2ccon2)c1. The molecule has 0 bridgehead atoms. The zero-order chi connectivity index (χ0) is 20.5. The summed E-state index contributed by atoms with van der Waals surface area (Å²) >= 11 is 0. The van der Waals surface area contributed by atoms with Gasteiger partial charge < -0.3 is 24.2 Å². The molecule has 0 unspecified atom stereocenters. The van der Waals surface area contributed by atoms with E-state index in [-0.39, 0.29) is 18.4 Å². The molecule has 1 aromatic heterocycles. The molecule has 0 spiro atoms. The van der Waals surface area contributed by atoms with E-state index < -0.39 is 0 Å². The number of methoxy groups -OCH3 is 1. The van der Waals surface area contributed by atoms with Crippen molar-refractivity contribution in [3.8, 4) is 5.75 Å². The maximum absolute atomic E-state index is 13.1. The van der Waals surface area contributed by atoms with Crippen LogP contribution in [0.2, 0.25) is 0 Å². The van der Waals surface area contributed by atoms with Crippen molar-refractivity contribution in [2.45, 2.75) is 6.42 Å². The molecule has 1 fully saturated rings. The first-order valence-electron chi connectivity index (χ1n) is 9.59. The Morgan fingerprint density at radius 1 is 1.28 bits per heavy atom. The van der Waals surface area contributed by atoms with Crippen molar-refractivity contribution in [3.05, 3.63) is 42.2 Å². The molecule has 1 aromatic carbocycles. The van der Waals surface area contributed by atoms with Crippen molar-refractivity contribution >= 4 is 17.6 Å². The van der Waals surface area contributed by atoms with E-state index in [0.29, 0.717) is 23.7 Å². The maximum atomic E-state index is 13.1. The Morgan fingerprint density at radius 2 is 2.10 bits per heavy atom. The number of morpholine rings is 1. The Morgan fingerprint density at radius 3 is 2.83 bits per heavy atom. The van der Waals surface area contributed by atoms with Crippen LogP contribution in [-0.4, -0.2) is 79.8 Å². The molecule has 2 aromatic rings. The third-order valence-corrected chi connectivity index (χ3v) is 4.65. The Kier molecular flexibility index (Phi) is 7.60. The fraction of sp³-hybridized carbons (Fsp3) is 0.450. The Balaban J connectivity index is 1.63. The van der Waals surface area contributed by atoms with E-state index in [4.69, 9.17) is 14.0 Å². The van der Waals surface area contributed by atoms with E-state index in [1.807, 2.05) is 0 Å². The number of rotatable bonds is 9. The van der Waals surface area contributed by atoms with Gasteiger partial charge in [-0.25, -0.2) is 0 Å². The number of nitrogens with one attached hydrogen (secondary N) is 1. The summed E-state index contributed by atoms with van der Waals surface area (Å²) in [7, 11) is 1.55. The highest BCUT2D eigenvalue weighted by molar-refractivity contribution is 5.99. The van der Waals surface area contributed by atoms with Crippen molar-refractivity contribution in [2.75, 3.05) is 58.4 Å². The van der Waals surface area contributed by atoms with Gasteiger partial charge in [-0.1, -0.05) is 11.2 Å². The molecule has 0 aliphatic carbocycles. The quantitative estimate of drug-likeness (QED) is 0.679. The molecule has 0 atom stereocenters. The van der Waals surface area contributed by atoms with Crippen LogP contribution >= 0.6 is 0 Å².